The van der Waals surface area contributed by atoms with Gasteiger partial charge in [0.15, 0.2) is 12.2 Å². The van der Waals surface area contributed by atoms with Crippen LogP contribution in [0.3, 0.4) is 0 Å². The third-order valence-corrected chi connectivity index (χ3v) is 5.87. The van der Waals surface area contributed by atoms with Crippen LogP contribution in [0.25, 0.3) is 0 Å². The molecule has 0 saturated carbocycles. The smallest absolute Gasteiger partial charge is 0.414 e. The second-order valence-electron chi connectivity index (χ2n) is 9.51. The molecular formula is C29H32FN3O12. The number of rotatable bonds is 11. The van der Waals surface area contributed by atoms with Crippen LogP contribution in [0.1, 0.15) is 26.3 Å². The molecule has 1 saturated heterocycles. The van der Waals surface area contributed by atoms with Gasteiger partial charge in [0, 0.05) is 32.1 Å². The third-order valence-electron chi connectivity index (χ3n) is 5.87. The van der Waals surface area contributed by atoms with Crippen molar-refractivity contribution in [3.8, 4) is 0 Å². The Hall–Kier alpha value is -5.25. The zero-order chi connectivity index (χ0) is 32.9. The summed E-state index contributed by atoms with van der Waals surface area (Å²) in [6.07, 6.45) is -10.8. The van der Waals surface area contributed by atoms with E-state index in [1.807, 2.05) is 6.07 Å². The first-order chi connectivity index (χ1) is 21.4. The standard InChI is InChI=1S/C29H32FN3O12/c1-16(34)40-15-22-25(42-17(2)35)26(43-18(3)36)24(30)27(44-22)45-29(39)33-21-11-9-20(10-12-21)32-23(37)13-31-28(38)41-14-19-7-5-4-6-8-19/h4-12,22,24-27H,13-15H2,1-3H3,(H,31,38)(H,32,37)(H,33,39)/t22-,24-,25-,26-,27+/m1/s1. The number of anilines is 2. The first-order valence-electron chi connectivity index (χ1n) is 13.5. The number of hydrogen-bond donors (Lipinski definition) is 3. The van der Waals surface area contributed by atoms with Crippen molar-refractivity contribution >= 4 is 47.4 Å². The van der Waals surface area contributed by atoms with Crippen molar-refractivity contribution < 1.29 is 61.6 Å². The van der Waals surface area contributed by atoms with Gasteiger partial charge in [0.2, 0.25) is 18.4 Å². The number of carbonyl (C=O) groups is 6. The number of benzene rings is 2. The summed E-state index contributed by atoms with van der Waals surface area (Å²) in [5.41, 5.74) is 1.29. The Morgan fingerprint density at radius 3 is 1.93 bits per heavy atom. The average molecular weight is 634 g/mol. The Morgan fingerprint density at radius 1 is 0.733 bits per heavy atom. The van der Waals surface area contributed by atoms with E-state index < -0.39 is 73.4 Å². The second kappa shape index (κ2) is 16.6. The van der Waals surface area contributed by atoms with Gasteiger partial charge in [-0.2, -0.15) is 0 Å². The number of halogens is 1. The van der Waals surface area contributed by atoms with E-state index in [1.54, 1.807) is 24.3 Å². The molecule has 0 bridgehead atoms. The summed E-state index contributed by atoms with van der Waals surface area (Å²) in [6, 6.07) is 14.7. The van der Waals surface area contributed by atoms with Gasteiger partial charge >= 0.3 is 30.1 Å². The first kappa shape index (κ1) is 34.2. The summed E-state index contributed by atoms with van der Waals surface area (Å²) in [5.74, 6) is -3.04. The van der Waals surface area contributed by atoms with Crippen LogP contribution in [0, 0.1) is 0 Å². The second-order valence-corrected chi connectivity index (χ2v) is 9.51. The quantitative estimate of drug-likeness (QED) is 0.242. The highest BCUT2D eigenvalue weighted by atomic mass is 19.1. The van der Waals surface area contributed by atoms with E-state index >= 15 is 4.39 Å². The summed E-state index contributed by atoms with van der Waals surface area (Å²) < 4.78 is 45.9. The number of alkyl carbamates (subject to hydrolysis) is 1. The molecule has 0 aliphatic carbocycles. The van der Waals surface area contributed by atoms with Crippen molar-refractivity contribution in [2.45, 2.75) is 58.2 Å². The minimum Gasteiger partial charge on any atom is -0.463 e. The number of amides is 3. The number of alkyl halides is 1. The number of carbonyl (C=O) groups excluding carboxylic acids is 6. The van der Waals surface area contributed by atoms with E-state index in [0.29, 0.717) is 5.69 Å². The van der Waals surface area contributed by atoms with Gasteiger partial charge in [-0.3, -0.25) is 24.5 Å². The fraction of sp³-hybridized carbons (Fsp3) is 0.379. The molecule has 5 atom stereocenters. The van der Waals surface area contributed by atoms with Crippen LogP contribution in [0.5, 0.6) is 0 Å². The van der Waals surface area contributed by atoms with Gasteiger partial charge in [0.1, 0.15) is 25.9 Å². The number of hydrogen-bond acceptors (Lipinski definition) is 12. The summed E-state index contributed by atoms with van der Waals surface area (Å²) in [5, 5.41) is 7.23. The first-order valence-corrected chi connectivity index (χ1v) is 13.5. The topological polar surface area (TPSA) is 194 Å². The molecule has 2 aromatic carbocycles. The van der Waals surface area contributed by atoms with E-state index in [-0.39, 0.29) is 18.8 Å². The molecule has 1 heterocycles. The molecule has 3 amide bonds. The largest absolute Gasteiger partial charge is 0.463 e. The Bertz CT molecular complexity index is 1360. The molecule has 1 fully saturated rings. The van der Waals surface area contributed by atoms with E-state index in [4.69, 9.17) is 28.4 Å². The van der Waals surface area contributed by atoms with Crippen LogP contribution in [0.4, 0.5) is 25.4 Å². The van der Waals surface area contributed by atoms with Crippen molar-refractivity contribution in [3.05, 3.63) is 60.2 Å². The molecule has 0 aromatic heterocycles. The lowest BCUT2D eigenvalue weighted by atomic mass is 9.99. The maximum atomic E-state index is 15.4. The summed E-state index contributed by atoms with van der Waals surface area (Å²) in [7, 11) is 0. The van der Waals surface area contributed by atoms with Crippen molar-refractivity contribution in [1.29, 1.82) is 0 Å². The molecule has 15 nitrogen and oxygen atoms in total. The molecule has 0 spiro atoms. The highest BCUT2D eigenvalue weighted by Crippen LogP contribution is 2.30. The Balaban J connectivity index is 1.53. The molecule has 3 rings (SSSR count). The van der Waals surface area contributed by atoms with Gasteiger partial charge in [0.25, 0.3) is 0 Å². The molecule has 45 heavy (non-hydrogen) atoms. The lowest BCUT2D eigenvalue weighted by Crippen LogP contribution is -2.60. The zero-order valence-electron chi connectivity index (χ0n) is 24.5. The average Bonchev–Trinajstić information content (AvgIpc) is 2.98. The van der Waals surface area contributed by atoms with Crippen LogP contribution >= 0.6 is 0 Å². The molecule has 1 aliphatic heterocycles. The van der Waals surface area contributed by atoms with E-state index in [1.165, 1.54) is 24.3 Å². The summed E-state index contributed by atoms with van der Waals surface area (Å²) in [4.78, 5) is 71.2. The molecule has 0 radical (unpaired) electrons. The Morgan fingerprint density at radius 2 is 1.33 bits per heavy atom. The van der Waals surface area contributed by atoms with E-state index in [2.05, 4.69) is 16.0 Å². The number of nitrogens with one attached hydrogen (secondary N) is 3. The minimum atomic E-state index is -2.29. The predicted molar refractivity (Wildman–Crippen MR) is 151 cm³/mol. The lowest BCUT2D eigenvalue weighted by Gasteiger charge is -2.41. The van der Waals surface area contributed by atoms with Crippen LogP contribution in [-0.2, 0) is 54.2 Å². The van der Waals surface area contributed by atoms with Crippen LogP contribution in [-0.4, -0.2) is 79.9 Å². The highest BCUT2D eigenvalue weighted by Gasteiger charge is 2.52. The molecule has 242 valence electrons. The van der Waals surface area contributed by atoms with Crippen LogP contribution < -0.4 is 16.0 Å². The number of esters is 3. The van der Waals surface area contributed by atoms with Crippen LogP contribution in [0.15, 0.2) is 54.6 Å². The van der Waals surface area contributed by atoms with Gasteiger partial charge in [-0.15, -0.1) is 0 Å². The van der Waals surface area contributed by atoms with Crippen molar-refractivity contribution in [2.24, 2.45) is 0 Å². The maximum Gasteiger partial charge on any atom is 0.414 e. The van der Waals surface area contributed by atoms with Gasteiger partial charge in [-0.25, -0.2) is 14.0 Å². The van der Waals surface area contributed by atoms with E-state index in [9.17, 15) is 28.8 Å². The maximum absolute atomic E-state index is 15.4. The fourth-order valence-electron chi connectivity index (χ4n) is 3.98. The molecule has 16 heteroatoms. The molecule has 3 N–H and O–H groups in total. The van der Waals surface area contributed by atoms with Crippen LogP contribution in [0.2, 0.25) is 0 Å². The molecule has 1 aliphatic rings. The normalized spacial score (nSPS) is 20.5. The van der Waals surface area contributed by atoms with Crippen molar-refractivity contribution in [3.63, 3.8) is 0 Å². The van der Waals surface area contributed by atoms with Gasteiger partial charge in [-0.1, -0.05) is 30.3 Å². The lowest BCUT2D eigenvalue weighted by molar-refractivity contribution is -0.277. The summed E-state index contributed by atoms with van der Waals surface area (Å²) >= 11 is 0. The van der Waals surface area contributed by atoms with Gasteiger partial charge < -0.3 is 39.1 Å². The fourth-order valence-corrected chi connectivity index (χ4v) is 3.98. The van der Waals surface area contributed by atoms with Crippen molar-refractivity contribution in [1.82, 2.24) is 5.32 Å². The van der Waals surface area contributed by atoms with Crippen molar-refractivity contribution in [2.75, 3.05) is 23.8 Å². The van der Waals surface area contributed by atoms with Gasteiger partial charge in [0.05, 0.1) is 0 Å². The zero-order valence-corrected chi connectivity index (χ0v) is 24.5. The predicted octanol–water partition coefficient (Wildman–Crippen LogP) is 2.59. The monoisotopic (exact) mass is 633 g/mol. The molecular weight excluding hydrogens is 601 g/mol. The minimum absolute atomic E-state index is 0.0421. The Kier molecular flexibility index (Phi) is 12.6. The number of ether oxygens (including phenoxy) is 6. The van der Waals surface area contributed by atoms with Gasteiger partial charge in [-0.05, 0) is 29.8 Å². The SMILES string of the molecule is CC(=O)OC[C@H]1O[C@@H](OC(=O)Nc2ccc(NC(=O)CNC(=O)OCc3ccccc3)cc2)[C@H](F)[C@@H](OC(C)=O)[C@@H]1OC(C)=O. The summed E-state index contributed by atoms with van der Waals surface area (Å²) in [6.45, 7) is 2.29. The molecule has 0 unspecified atom stereocenters. The molecule has 2 aromatic rings. The highest BCUT2D eigenvalue weighted by molar-refractivity contribution is 5.94. The Labute approximate surface area is 256 Å². The van der Waals surface area contributed by atoms with E-state index in [0.717, 1.165) is 26.3 Å². The third kappa shape index (κ3) is 11.4.